The molecule has 3 aromatic carbocycles. The number of carbonyl (C=O) groups excluding carboxylic acids is 1. The van der Waals surface area contributed by atoms with Crippen molar-refractivity contribution in [1.82, 2.24) is 4.98 Å². The van der Waals surface area contributed by atoms with E-state index >= 15 is 0 Å². The van der Waals surface area contributed by atoms with Gasteiger partial charge in [0, 0.05) is 39.0 Å². The molecule has 0 bridgehead atoms. The summed E-state index contributed by atoms with van der Waals surface area (Å²) in [6.45, 7) is 0.375. The van der Waals surface area contributed by atoms with Gasteiger partial charge in [-0.25, -0.2) is 9.78 Å². The average molecular weight is 523 g/mol. The fraction of sp³-hybridized carbons (Fsp3) is 0.0741. The van der Waals surface area contributed by atoms with E-state index in [1.54, 1.807) is 30.3 Å². The highest BCUT2D eigenvalue weighted by atomic mass is 35.5. The fourth-order valence-electron chi connectivity index (χ4n) is 3.21. The predicted octanol–water partition coefficient (Wildman–Crippen LogP) is 6.50. The Morgan fingerprint density at radius 1 is 0.778 bits per heavy atom. The van der Waals surface area contributed by atoms with Gasteiger partial charge in [0.25, 0.3) is 5.91 Å². The van der Waals surface area contributed by atoms with Gasteiger partial charge in [0.1, 0.15) is 30.5 Å². The fourth-order valence-corrected chi connectivity index (χ4v) is 3.59. The predicted molar refractivity (Wildman–Crippen MR) is 137 cm³/mol. The summed E-state index contributed by atoms with van der Waals surface area (Å²) in [6.07, 6.45) is 1.17. The molecule has 1 amide bonds. The van der Waals surface area contributed by atoms with Crippen LogP contribution in [0.5, 0.6) is 11.5 Å². The van der Waals surface area contributed by atoms with E-state index in [-0.39, 0.29) is 30.2 Å². The number of nitrogens with zero attached hydrogens (tertiary/aromatic N) is 1. The van der Waals surface area contributed by atoms with Gasteiger partial charge in [-0.3, -0.25) is 4.79 Å². The summed E-state index contributed by atoms with van der Waals surface area (Å²) in [5, 5.41) is 12.8. The van der Waals surface area contributed by atoms with E-state index in [0.717, 1.165) is 11.1 Å². The lowest BCUT2D eigenvalue weighted by Gasteiger charge is -2.14. The molecule has 0 fully saturated rings. The number of ether oxygens (including phenoxy) is 2. The van der Waals surface area contributed by atoms with Crippen molar-refractivity contribution in [3.8, 4) is 11.5 Å². The van der Waals surface area contributed by atoms with E-state index < -0.39 is 11.9 Å². The lowest BCUT2D eigenvalue weighted by atomic mass is 10.1. The van der Waals surface area contributed by atoms with Crippen LogP contribution < -0.4 is 14.8 Å². The van der Waals surface area contributed by atoms with Gasteiger partial charge in [-0.05, 0) is 36.4 Å². The Morgan fingerprint density at radius 2 is 1.33 bits per heavy atom. The van der Waals surface area contributed by atoms with Crippen molar-refractivity contribution < 1.29 is 24.2 Å². The molecule has 36 heavy (non-hydrogen) atoms. The number of carboxylic acids is 1. The molecule has 0 aliphatic heterocycles. The summed E-state index contributed by atoms with van der Waals surface area (Å²) in [6, 6.07) is 22.2. The van der Waals surface area contributed by atoms with Gasteiger partial charge in [-0.1, -0.05) is 59.6 Å². The Morgan fingerprint density at radius 3 is 1.81 bits per heavy atom. The van der Waals surface area contributed by atoms with Crippen LogP contribution in [-0.4, -0.2) is 22.0 Å². The highest BCUT2D eigenvalue weighted by Gasteiger charge is 2.13. The number of halogens is 2. The van der Waals surface area contributed by atoms with Gasteiger partial charge in [0.05, 0.1) is 5.56 Å². The van der Waals surface area contributed by atoms with Gasteiger partial charge in [-0.2, -0.15) is 0 Å². The third kappa shape index (κ3) is 6.53. The summed E-state index contributed by atoms with van der Waals surface area (Å²) in [5.74, 6) is -0.594. The number of amides is 1. The molecule has 4 rings (SSSR count). The molecule has 7 nitrogen and oxygen atoms in total. The number of nitrogens with one attached hydrogen (secondary N) is 1. The first-order valence-corrected chi connectivity index (χ1v) is 11.5. The van der Waals surface area contributed by atoms with E-state index in [2.05, 4.69) is 10.3 Å². The second-order valence-electron chi connectivity index (χ2n) is 7.64. The topological polar surface area (TPSA) is 97.8 Å². The first-order chi connectivity index (χ1) is 17.4. The Hall–Kier alpha value is -4.07. The van der Waals surface area contributed by atoms with Crippen molar-refractivity contribution in [3.05, 3.63) is 117 Å². The zero-order chi connectivity index (χ0) is 25.5. The number of carboxylic acid groups (broad SMARTS) is 1. The van der Waals surface area contributed by atoms with E-state index in [1.807, 2.05) is 36.4 Å². The smallest absolute Gasteiger partial charge is 0.337 e. The third-order valence-electron chi connectivity index (χ3n) is 5.10. The van der Waals surface area contributed by atoms with Crippen LogP contribution in [0.15, 0.2) is 85.1 Å². The molecule has 9 heteroatoms. The highest BCUT2D eigenvalue weighted by Crippen LogP contribution is 2.27. The van der Waals surface area contributed by atoms with Crippen LogP contribution in [0.3, 0.4) is 0 Å². The number of anilines is 1. The minimum atomic E-state index is -1.11. The van der Waals surface area contributed by atoms with Crippen LogP contribution >= 0.6 is 23.2 Å². The SMILES string of the molecule is O=C(O)c1ccc(NC(=O)c2cc(OCc3ccccc3Cl)cc(OCc3ccccc3Cl)c2)nc1. The number of pyridine rings is 1. The molecule has 1 heterocycles. The van der Waals surface area contributed by atoms with E-state index in [4.69, 9.17) is 37.8 Å². The lowest BCUT2D eigenvalue weighted by Crippen LogP contribution is -2.14. The molecule has 182 valence electrons. The first-order valence-electron chi connectivity index (χ1n) is 10.8. The molecule has 0 radical (unpaired) electrons. The molecule has 0 saturated carbocycles. The van der Waals surface area contributed by atoms with Gasteiger partial charge >= 0.3 is 5.97 Å². The van der Waals surface area contributed by atoms with Crippen molar-refractivity contribution in [3.63, 3.8) is 0 Å². The number of hydrogen-bond donors (Lipinski definition) is 2. The Bertz CT molecular complexity index is 1330. The molecule has 0 atom stereocenters. The van der Waals surface area contributed by atoms with Gasteiger partial charge < -0.3 is 19.9 Å². The largest absolute Gasteiger partial charge is 0.489 e. The summed E-state index contributed by atoms with van der Waals surface area (Å²) in [7, 11) is 0. The minimum Gasteiger partial charge on any atom is -0.489 e. The van der Waals surface area contributed by atoms with Crippen molar-refractivity contribution in [2.24, 2.45) is 0 Å². The maximum Gasteiger partial charge on any atom is 0.337 e. The second-order valence-corrected chi connectivity index (χ2v) is 8.46. The molecular weight excluding hydrogens is 503 g/mol. The third-order valence-corrected chi connectivity index (χ3v) is 5.84. The summed E-state index contributed by atoms with van der Waals surface area (Å²) < 4.78 is 11.8. The van der Waals surface area contributed by atoms with Crippen molar-refractivity contribution in [1.29, 1.82) is 0 Å². The average Bonchev–Trinajstić information content (AvgIpc) is 2.88. The standard InChI is InChI=1S/C27H20Cl2N2O5/c28-23-7-3-1-5-18(23)15-35-21-11-20(26(32)31-25-10-9-17(14-30-25)27(33)34)12-22(13-21)36-16-19-6-2-4-8-24(19)29/h1-14H,15-16H2,(H,33,34)(H,30,31,32). The Balaban J connectivity index is 1.56. The number of carbonyl (C=O) groups is 2. The molecule has 1 aromatic heterocycles. The van der Waals surface area contributed by atoms with E-state index in [0.29, 0.717) is 21.5 Å². The molecule has 0 saturated heterocycles. The van der Waals surface area contributed by atoms with Crippen molar-refractivity contribution in [2.75, 3.05) is 5.32 Å². The van der Waals surface area contributed by atoms with Crippen molar-refractivity contribution >= 4 is 40.9 Å². The second kappa shape index (κ2) is 11.6. The summed E-state index contributed by atoms with van der Waals surface area (Å²) in [5.41, 5.74) is 1.84. The number of aromatic nitrogens is 1. The number of aromatic carboxylic acids is 1. The molecule has 0 spiro atoms. The minimum absolute atomic E-state index is 0.0122. The van der Waals surface area contributed by atoms with Crippen LogP contribution in [0, 0.1) is 0 Å². The summed E-state index contributed by atoms with van der Waals surface area (Å²) in [4.78, 5) is 28.0. The maximum absolute atomic E-state index is 13.0. The van der Waals surface area contributed by atoms with Crippen LogP contribution in [-0.2, 0) is 13.2 Å². The molecule has 2 N–H and O–H groups in total. The number of hydrogen-bond acceptors (Lipinski definition) is 5. The first kappa shape index (κ1) is 25.0. The quantitative estimate of drug-likeness (QED) is 0.260. The molecule has 4 aromatic rings. The van der Waals surface area contributed by atoms with Crippen LogP contribution in [0.4, 0.5) is 5.82 Å². The van der Waals surface area contributed by atoms with Gasteiger partial charge in [-0.15, -0.1) is 0 Å². The van der Waals surface area contributed by atoms with Crippen molar-refractivity contribution in [2.45, 2.75) is 13.2 Å². The molecular formula is C27H20Cl2N2O5. The highest BCUT2D eigenvalue weighted by molar-refractivity contribution is 6.31. The maximum atomic E-state index is 13.0. The number of benzene rings is 3. The Labute approximate surface area is 217 Å². The zero-order valence-electron chi connectivity index (χ0n) is 18.8. The summed E-state index contributed by atoms with van der Waals surface area (Å²) >= 11 is 12.5. The Kier molecular flexibility index (Phi) is 8.05. The van der Waals surface area contributed by atoms with Gasteiger partial charge in [0.15, 0.2) is 0 Å². The number of rotatable bonds is 9. The molecule has 0 aliphatic rings. The van der Waals surface area contributed by atoms with Crippen LogP contribution in [0.25, 0.3) is 0 Å². The van der Waals surface area contributed by atoms with Crippen LogP contribution in [0.2, 0.25) is 10.0 Å². The lowest BCUT2D eigenvalue weighted by molar-refractivity contribution is 0.0696. The van der Waals surface area contributed by atoms with Gasteiger partial charge in [0.2, 0.25) is 0 Å². The van der Waals surface area contributed by atoms with Crippen LogP contribution in [0.1, 0.15) is 31.8 Å². The monoisotopic (exact) mass is 522 g/mol. The van der Waals surface area contributed by atoms with E-state index in [1.165, 1.54) is 18.3 Å². The van der Waals surface area contributed by atoms with E-state index in [9.17, 15) is 9.59 Å². The molecule has 0 aliphatic carbocycles. The molecule has 0 unspecified atom stereocenters. The zero-order valence-corrected chi connectivity index (χ0v) is 20.3. The normalized spacial score (nSPS) is 10.5.